The summed E-state index contributed by atoms with van der Waals surface area (Å²) in [5.74, 6) is -0.308. The monoisotopic (exact) mass is 305 g/mol. The Bertz CT molecular complexity index is 672. The van der Waals surface area contributed by atoms with E-state index in [1.54, 1.807) is 36.4 Å². The molecule has 21 heavy (non-hydrogen) atoms. The van der Waals surface area contributed by atoms with Gasteiger partial charge in [0.15, 0.2) is 0 Å². The first-order valence-electron chi connectivity index (χ1n) is 6.53. The molecule has 0 heterocycles. The van der Waals surface area contributed by atoms with Crippen LogP contribution < -0.4 is 10.6 Å². The van der Waals surface area contributed by atoms with E-state index in [1.165, 1.54) is 6.07 Å². The number of nitrogens with two attached hydrogens (primary N) is 1. The Morgan fingerprint density at radius 2 is 1.95 bits per heavy atom. The lowest BCUT2D eigenvalue weighted by atomic mass is 10.0. The maximum Gasteiger partial charge on any atom is 0.128 e. The zero-order chi connectivity index (χ0) is 15.6. The van der Waals surface area contributed by atoms with Crippen molar-refractivity contribution >= 4 is 23.1 Å². The van der Waals surface area contributed by atoms with Crippen molar-refractivity contribution in [2.24, 2.45) is 5.73 Å². The number of nitrogens with one attached hydrogen (secondary N) is 1. The number of hydrogen-bond donors (Lipinski definition) is 2. The van der Waals surface area contributed by atoms with Crippen LogP contribution in [0.15, 0.2) is 42.5 Å². The predicted octanol–water partition coefficient (Wildman–Crippen LogP) is 3.96. The fraction of sp³-hybridized carbons (Fsp3) is 0.188. The Kier molecular flexibility index (Phi) is 4.48. The minimum Gasteiger partial charge on any atom is -0.384 e. The van der Waals surface area contributed by atoms with Gasteiger partial charge in [0, 0.05) is 28.9 Å². The van der Waals surface area contributed by atoms with Crippen molar-refractivity contribution in [3.05, 3.63) is 64.4 Å². The Morgan fingerprint density at radius 1 is 1.29 bits per heavy atom. The van der Waals surface area contributed by atoms with Crippen LogP contribution in [0.4, 0.5) is 10.1 Å². The molecule has 2 aromatic carbocycles. The Balaban J connectivity index is 2.44. The molecule has 5 heteroatoms. The van der Waals surface area contributed by atoms with E-state index in [0.717, 1.165) is 0 Å². The lowest BCUT2D eigenvalue weighted by molar-refractivity contribution is 0.585. The molecule has 2 aromatic rings. The molecular formula is C16H17ClFN3. The zero-order valence-corrected chi connectivity index (χ0v) is 12.7. The van der Waals surface area contributed by atoms with Gasteiger partial charge in [0.2, 0.25) is 0 Å². The molecule has 0 aliphatic carbocycles. The van der Waals surface area contributed by atoms with E-state index in [0.29, 0.717) is 21.8 Å². The molecule has 2 rings (SSSR count). The molecule has 0 amide bonds. The smallest absolute Gasteiger partial charge is 0.128 e. The summed E-state index contributed by atoms with van der Waals surface area (Å²) in [6.07, 6.45) is 0. The molecule has 0 saturated carbocycles. The molecule has 1 atom stereocenters. The highest BCUT2D eigenvalue weighted by molar-refractivity contribution is 6.31. The average molecular weight is 306 g/mol. The molecular weight excluding hydrogens is 289 g/mol. The van der Waals surface area contributed by atoms with Gasteiger partial charge in [-0.25, -0.2) is 4.39 Å². The largest absolute Gasteiger partial charge is 0.384 e. The molecule has 0 fully saturated rings. The molecule has 0 aliphatic heterocycles. The maximum absolute atomic E-state index is 13.9. The Hall–Kier alpha value is -2.07. The van der Waals surface area contributed by atoms with E-state index in [1.807, 2.05) is 18.9 Å². The molecule has 1 unspecified atom stereocenters. The molecule has 0 saturated heterocycles. The van der Waals surface area contributed by atoms with Crippen molar-refractivity contribution in [3.8, 4) is 0 Å². The van der Waals surface area contributed by atoms with Gasteiger partial charge >= 0.3 is 0 Å². The molecule has 0 radical (unpaired) electrons. The third-order valence-electron chi connectivity index (χ3n) is 3.57. The van der Waals surface area contributed by atoms with Crippen molar-refractivity contribution < 1.29 is 4.39 Å². The zero-order valence-electron chi connectivity index (χ0n) is 11.9. The topological polar surface area (TPSA) is 53.1 Å². The van der Waals surface area contributed by atoms with Crippen LogP contribution in [0.25, 0.3) is 0 Å². The van der Waals surface area contributed by atoms with Gasteiger partial charge in [0.25, 0.3) is 0 Å². The standard InChI is InChI=1S/C16H17ClFN3/c1-10(12-5-3-4-6-14(12)18)21(2)15-9-11(17)7-8-13(15)16(19)20/h3-10H,1-2H3,(H3,19,20). The second-order valence-electron chi connectivity index (χ2n) is 4.88. The van der Waals surface area contributed by atoms with Gasteiger partial charge in [-0.05, 0) is 31.2 Å². The number of rotatable bonds is 4. The quantitative estimate of drug-likeness (QED) is 0.663. The maximum atomic E-state index is 13.9. The highest BCUT2D eigenvalue weighted by atomic mass is 35.5. The third kappa shape index (κ3) is 3.16. The summed E-state index contributed by atoms with van der Waals surface area (Å²) in [7, 11) is 1.83. The fourth-order valence-corrected chi connectivity index (χ4v) is 2.42. The third-order valence-corrected chi connectivity index (χ3v) is 3.80. The minimum atomic E-state index is -0.261. The van der Waals surface area contributed by atoms with Crippen LogP contribution in [-0.2, 0) is 0 Å². The van der Waals surface area contributed by atoms with Crippen LogP contribution >= 0.6 is 11.6 Å². The summed E-state index contributed by atoms with van der Waals surface area (Å²) in [5, 5.41) is 8.21. The number of hydrogen-bond acceptors (Lipinski definition) is 2. The molecule has 0 spiro atoms. The van der Waals surface area contributed by atoms with E-state index in [4.69, 9.17) is 22.7 Å². The summed E-state index contributed by atoms with van der Waals surface area (Å²) < 4.78 is 13.9. The first-order valence-corrected chi connectivity index (χ1v) is 6.91. The summed E-state index contributed by atoms with van der Waals surface area (Å²) in [4.78, 5) is 1.86. The van der Waals surface area contributed by atoms with E-state index >= 15 is 0 Å². The molecule has 0 aromatic heterocycles. The average Bonchev–Trinajstić information content (AvgIpc) is 2.45. The summed E-state index contributed by atoms with van der Waals surface area (Å²) in [6.45, 7) is 1.89. The van der Waals surface area contributed by atoms with Crippen LogP contribution in [0.5, 0.6) is 0 Å². The van der Waals surface area contributed by atoms with Crippen molar-refractivity contribution in [1.29, 1.82) is 5.41 Å². The first kappa shape index (κ1) is 15.3. The van der Waals surface area contributed by atoms with Gasteiger partial charge in [-0.2, -0.15) is 0 Å². The van der Waals surface area contributed by atoms with E-state index in [-0.39, 0.29) is 17.7 Å². The van der Waals surface area contributed by atoms with E-state index in [9.17, 15) is 4.39 Å². The predicted molar refractivity (Wildman–Crippen MR) is 85.7 cm³/mol. The SMILES string of the molecule is CC(c1ccccc1F)N(C)c1cc(Cl)ccc1C(=N)N. The molecule has 3 N–H and O–H groups in total. The fourth-order valence-electron chi connectivity index (χ4n) is 2.26. The first-order chi connectivity index (χ1) is 9.91. The molecule has 3 nitrogen and oxygen atoms in total. The summed E-state index contributed by atoms with van der Waals surface area (Å²) in [6, 6.07) is 11.5. The second-order valence-corrected chi connectivity index (χ2v) is 5.32. The van der Waals surface area contributed by atoms with Gasteiger partial charge in [-0.15, -0.1) is 0 Å². The van der Waals surface area contributed by atoms with Crippen LogP contribution in [0.3, 0.4) is 0 Å². The van der Waals surface area contributed by atoms with Crippen molar-refractivity contribution in [2.75, 3.05) is 11.9 Å². The Morgan fingerprint density at radius 3 is 2.57 bits per heavy atom. The van der Waals surface area contributed by atoms with Crippen molar-refractivity contribution in [1.82, 2.24) is 0 Å². The lowest BCUT2D eigenvalue weighted by Crippen LogP contribution is -2.26. The summed E-state index contributed by atoms with van der Waals surface area (Å²) in [5.41, 5.74) is 7.46. The minimum absolute atomic E-state index is 0.0470. The van der Waals surface area contributed by atoms with Gasteiger partial charge in [0.1, 0.15) is 11.7 Å². The molecule has 0 aliphatic rings. The molecule has 110 valence electrons. The number of halogens is 2. The van der Waals surface area contributed by atoms with Gasteiger partial charge in [-0.1, -0.05) is 29.8 Å². The van der Waals surface area contributed by atoms with Crippen molar-refractivity contribution in [3.63, 3.8) is 0 Å². The van der Waals surface area contributed by atoms with E-state index in [2.05, 4.69) is 0 Å². The molecule has 0 bridgehead atoms. The number of nitrogen functional groups attached to an aromatic ring is 1. The van der Waals surface area contributed by atoms with Gasteiger partial charge < -0.3 is 10.6 Å². The number of amidine groups is 1. The summed E-state index contributed by atoms with van der Waals surface area (Å²) >= 11 is 6.04. The second kappa shape index (κ2) is 6.14. The lowest BCUT2D eigenvalue weighted by Gasteiger charge is -2.29. The highest BCUT2D eigenvalue weighted by Gasteiger charge is 2.19. The van der Waals surface area contributed by atoms with Crippen LogP contribution in [0, 0.1) is 11.2 Å². The van der Waals surface area contributed by atoms with Crippen LogP contribution in [0.2, 0.25) is 5.02 Å². The highest BCUT2D eigenvalue weighted by Crippen LogP contribution is 2.31. The number of benzene rings is 2. The van der Waals surface area contributed by atoms with Crippen LogP contribution in [0.1, 0.15) is 24.1 Å². The number of nitrogens with zero attached hydrogens (tertiary/aromatic N) is 1. The normalized spacial score (nSPS) is 12.0. The number of anilines is 1. The van der Waals surface area contributed by atoms with Crippen LogP contribution in [-0.4, -0.2) is 12.9 Å². The van der Waals surface area contributed by atoms with Gasteiger partial charge in [-0.3, -0.25) is 5.41 Å². The van der Waals surface area contributed by atoms with E-state index < -0.39 is 0 Å². The van der Waals surface area contributed by atoms with Gasteiger partial charge in [0.05, 0.1) is 6.04 Å². The van der Waals surface area contributed by atoms with Crippen molar-refractivity contribution in [2.45, 2.75) is 13.0 Å². The Labute approximate surface area is 128 Å².